The number of aromatic nitrogens is 3. The van der Waals surface area contributed by atoms with E-state index in [2.05, 4.69) is 15.0 Å². The van der Waals surface area contributed by atoms with Gasteiger partial charge in [0.05, 0.1) is 18.5 Å². The molecule has 0 amide bonds. The third-order valence-corrected chi connectivity index (χ3v) is 3.10. The van der Waals surface area contributed by atoms with Gasteiger partial charge in [0, 0.05) is 23.5 Å². The summed E-state index contributed by atoms with van der Waals surface area (Å²) in [4.78, 5) is 11.1. The lowest BCUT2D eigenvalue weighted by Crippen LogP contribution is -1.95. The normalized spacial score (nSPS) is 10.6. The number of nitrogens with zero attached hydrogens (tertiary/aromatic N) is 2. The molecule has 0 aliphatic carbocycles. The number of methoxy groups -OCH3 is 1. The second kappa shape index (κ2) is 5.24. The molecule has 5 nitrogen and oxygen atoms in total. The average Bonchev–Trinajstić information content (AvgIpc) is 2.96. The summed E-state index contributed by atoms with van der Waals surface area (Å²) in [7, 11) is 1.50. The van der Waals surface area contributed by atoms with E-state index >= 15 is 0 Å². The Morgan fingerprint density at radius 3 is 2.67 bits per heavy atom. The van der Waals surface area contributed by atoms with E-state index in [-0.39, 0.29) is 11.8 Å². The summed E-state index contributed by atoms with van der Waals surface area (Å²) in [6, 6.07) is 10.1. The predicted molar refractivity (Wildman–Crippen MR) is 78.2 cm³/mol. The van der Waals surface area contributed by atoms with Crippen LogP contribution < -0.4 is 10.5 Å². The molecule has 0 aliphatic heterocycles. The molecule has 0 atom stereocenters. The van der Waals surface area contributed by atoms with Crippen molar-refractivity contribution in [2.75, 3.05) is 12.8 Å². The third-order valence-electron chi connectivity index (χ3n) is 3.10. The number of ether oxygens (including phenoxy) is 1. The highest BCUT2D eigenvalue weighted by Crippen LogP contribution is 2.27. The Labute approximate surface area is 120 Å². The molecule has 3 rings (SSSR count). The van der Waals surface area contributed by atoms with Crippen molar-refractivity contribution >= 4 is 5.95 Å². The summed E-state index contributed by atoms with van der Waals surface area (Å²) in [5, 5.41) is 0. The van der Waals surface area contributed by atoms with Gasteiger partial charge >= 0.3 is 0 Å². The van der Waals surface area contributed by atoms with E-state index in [4.69, 9.17) is 10.5 Å². The maximum Gasteiger partial charge on any atom is 0.220 e. The van der Waals surface area contributed by atoms with E-state index in [1.165, 1.54) is 13.2 Å². The number of halogens is 1. The highest BCUT2D eigenvalue weighted by atomic mass is 19.1. The number of nitrogen functional groups attached to an aromatic ring is 1. The van der Waals surface area contributed by atoms with E-state index in [1.54, 1.807) is 30.5 Å². The lowest BCUT2D eigenvalue weighted by Gasteiger charge is -2.04. The second-order valence-electron chi connectivity index (χ2n) is 4.43. The van der Waals surface area contributed by atoms with Crippen LogP contribution in [0.25, 0.3) is 22.6 Å². The monoisotopic (exact) mass is 284 g/mol. The molecule has 1 aromatic carbocycles. The van der Waals surface area contributed by atoms with Crippen LogP contribution in [-0.4, -0.2) is 22.1 Å². The molecule has 0 saturated carbocycles. The lowest BCUT2D eigenvalue weighted by molar-refractivity contribution is 0.411. The van der Waals surface area contributed by atoms with E-state index in [0.29, 0.717) is 22.7 Å². The number of hydrogen-bond acceptors (Lipinski definition) is 4. The summed E-state index contributed by atoms with van der Waals surface area (Å²) in [5.74, 6) is 0.316. The van der Waals surface area contributed by atoms with Gasteiger partial charge in [-0.3, -0.25) is 0 Å². The molecule has 0 spiro atoms. The Morgan fingerprint density at radius 2 is 1.95 bits per heavy atom. The molecule has 0 saturated heterocycles. The van der Waals surface area contributed by atoms with Crippen molar-refractivity contribution < 1.29 is 9.13 Å². The van der Waals surface area contributed by atoms with Gasteiger partial charge in [0.2, 0.25) is 5.95 Å². The largest absolute Gasteiger partial charge is 0.497 e. The molecule has 0 aliphatic rings. The van der Waals surface area contributed by atoms with Crippen LogP contribution in [0, 0.1) is 5.82 Å². The number of anilines is 1. The lowest BCUT2D eigenvalue weighted by atomic mass is 10.1. The summed E-state index contributed by atoms with van der Waals surface area (Å²) >= 11 is 0. The van der Waals surface area contributed by atoms with Crippen molar-refractivity contribution in [1.29, 1.82) is 0 Å². The minimum absolute atomic E-state index is 0.194. The van der Waals surface area contributed by atoms with Gasteiger partial charge in [-0.25, -0.2) is 14.4 Å². The number of nitrogens with two attached hydrogens (primary N) is 1. The van der Waals surface area contributed by atoms with Crippen molar-refractivity contribution in [1.82, 2.24) is 15.0 Å². The van der Waals surface area contributed by atoms with E-state index in [0.717, 1.165) is 5.69 Å². The van der Waals surface area contributed by atoms with Gasteiger partial charge in [-0.15, -0.1) is 0 Å². The first-order valence-electron chi connectivity index (χ1n) is 6.29. The number of aromatic amines is 1. The molecular weight excluding hydrogens is 271 g/mol. The molecule has 6 heteroatoms. The Hall–Kier alpha value is -2.89. The second-order valence-corrected chi connectivity index (χ2v) is 4.43. The highest BCUT2D eigenvalue weighted by molar-refractivity contribution is 5.67. The van der Waals surface area contributed by atoms with Gasteiger partial charge in [-0.05, 0) is 30.3 Å². The Morgan fingerprint density at radius 1 is 1.14 bits per heavy atom. The summed E-state index contributed by atoms with van der Waals surface area (Å²) < 4.78 is 19.0. The summed E-state index contributed by atoms with van der Waals surface area (Å²) in [6.07, 6.45) is 1.58. The minimum Gasteiger partial charge on any atom is -0.497 e. The smallest absolute Gasteiger partial charge is 0.220 e. The number of nitrogens with one attached hydrogen (secondary N) is 1. The molecule has 2 heterocycles. The fourth-order valence-corrected chi connectivity index (χ4v) is 2.07. The molecule has 0 radical (unpaired) electrons. The zero-order valence-corrected chi connectivity index (χ0v) is 11.3. The van der Waals surface area contributed by atoms with Crippen LogP contribution in [0.15, 0.2) is 42.6 Å². The number of benzene rings is 1. The molecule has 0 fully saturated rings. The van der Waals surface area contributed by atoms with Gasteiger partial charge in [0.15, 0.2) is 0 Å². The van der Waals surface area contributed by atoms with Gasteiger partial charge in [-0.1, -0.05) is 0 Å². The van der Waals surface area contributed by atoms with Crippen LogP contribution in [0.3, 0.4) is 0 Å². The van der Waals surface area contributed by atoms with Crippen LogP contribution in [0.4, 0.5) is 10.3 Å². The molecular formula is C15H13FN4O. The van der Waals surface area contributed by atoms with Crippen LogP contribution >= 0.6 is 0 Å². The van der Waals surface area contributed by atoms with Gasteiger partial charge < -0.3 is 15.5 Å². The van der Waals surface area contributed by atoms with Crippen molar-refractivity contribution in [2.24, 2.45) is 0 Å². The van der Waals surface area contributed by atoms with Crippen molar-refractivity contribution in [3.8, 4) is 28.4 Å². The molecule has 0 bridgehead atoms. The topological polar surface area (TPSA) is 76.8 Å². The third kappa shape index (κ3) is 2.55. The quantitative estimate of drug-likeness (QED) is 0.775. The number of H-pyrrole nitrogens is 1. The minimum atomic E-state index is -0.357. The molecule has 21 heavy (non-hydrogen) atoms. The standard InChI is InChI=1S/C15H13FN4O/c1-21-9-2-3-10(11(16)8-9)12-4-5-13(19-12)14-6-7-18-15(17)20-14/h2-8,19H,1H3,(H2,17,18,20). The zero-order valence-electron chi connectivity index (χ0n) is 11.3. The molecule has 2 aromatic heterocycles. The van der Waals surface area contributed by atoms with Crippen LogP contribution in [0.2, 0.25) is 0 Å². The number of hydrogen-bond donors (Lipinski definition) is 2. The van der Waals surface area contributed by atoms with E-state index in [9.17, 15) is 4.39 Å². The van der Waals surface area contributed by atoms with Crippen LogP contribution in [0.5, 0.6) is 5.75 Å². The zero-order chi connectivity index (χ0) is 14.8. The highest BCUT2D eigenvalue weighted by Gasteiger charge is 2.10. The van der Waals surface area contributed by atoms with E-state index < -0.39 is 0 Å². The first-order valence-corrected chi connectivity index (χ1v) is 6.29. The van der Waals surface area contributed by atoms with Crippen LogP contribution in [0.1, 0.15) is 0 Å². The maximum absolute atomic E-state index is 14.1. The molecule has 3 aromatic rings. The average molecular weight is 284 g/mol. The Balaban J connectivity index is 1.98. The summed E-state index contributed by atoms with van der Waals surface area (Å²) in [6.45, 7) is 0. The van der Waals surface area contributed by atoms with Crippen molar-refractivity contribution in [2.45, 2.75) is 0 Å². The predicted octanol–water partition coefficient (Wildman–Crippen LogP) is 2.87. The first kappa shape index (κ1) is 13.1. The molecule has 106 valence electrons. The van der Waals surface area contributed by atoms with E-state index in [1.807, 2.05) is 6.07 Å². The van der Waals surface area contributed by atoms with Gasteiger partial charge in [-0.2, -0.15) is 0 Å². The van der Waals surface area contributed by atoms with Crippen molar-refractivity contribution in [3.63, 3.8) is 0 Å². The molecule has 3 N–H and O–H groups in total. The fourth-order valence-electron chi connectivity index (χ4n) is 2.07. The Bertz CT molecular complexity index is 785. The fraction of sp³-hybridized carbons (Fsp3) is 0.0667. The SMILES string of the molecule is COc1ccc(-c2ccc(-c3ccnc(N)n3)[nH]2)c(F)c1. The number of rotatable bonds is 3. The van der Waals surface area contributed by atoms with Gasteiger partial charge in [0.1, 0.15) is 11.6 Å². The maximum atomic E-state index is 14.1. The van der Waals surface area contributed by atoms with Crippen LogP contribution in [-0.2, 0) is 0 Å². The van der Waals surface area contributed by atoms with Gasteiger partial charge in [0.25, 0.3) is 0 Å². The Kier molecular flexibility index (Phi) is 3.27. The molecule has 0 unspecified atom stereocenters. The summed E-state index contributed by atoms with van der Waals surface area (Å²) in [5.41, 5.74) is 8.08. The first-order chi connectivity index (χ1) is 10.2. The van der Waals surface area contributed by atoms with Crippen molar-refractivity contribution in [3.05, 3.63) is 48.4 Å².